The molecule has 0 saturated carbocycles. The number of benzene rings is 1. The Morgan fingerprint density at radius 2 is 1.88 bits per heavy atom. The van der Waals surface area contributed by atoms with Crippen LogP contribution in [0.25, 0.3) is 21.6 Å². The molecule has 0 saturated heterocycles. The Balaban J connectivity index is 2.18. The molecule has 0 aliphatic heterocycles. The van der Waals surface area contributed by atoms with Crippen LogP contribution in [0.15, 0.2) is 41.1 Å². The van der Waals surface area contributed by atoms with E-state index in [-0.39, 0.29) is 0 Å². The minimum atomic E-state index is 0.613. The van der Waals surface area contributed by atoms with Gasteiger partial charge in [0, 0.05) is 5.39 Å². The van der Waals surface area contributed by atoms with Crippen LogP contribution in [0, 0.1) is 0 Å². The topological polar surface area (TPSA) is 38.7 Å². The van der Waals surface area contributed by atoms with Crippen molar-refractivity contribution in [2.45, 2.75) is 0 Å². The van der Waals surface area contributed by atoms with Gasteiger partial charge in [-0.25, -0.2) is 9.97 Å². The summed E-state index contributed by atoms with van der Waals surface area (Å²) < 4.78 is 4.69. The molecular weight excluding hydrogens is 286 g/mol. The molecule has 0 aliphatic rings. The zero-order valence-corrected chi connectivity index (χ0v) is 10.5. The summed E-state index contributed by atoms with van der Waals surface area (Å²) in [4.78, 5) is 8.80. The summed E-state index contributed by atoms with van der Waals surface area (Å²) in [5.41, 5.74) is 1.84. The third-order valence-corrected chi connectivity index (χ3v) is 3.55. The van der Waals surface area contributed by atoms with Crippen LogP contribution >= 0.6 is 27.5 Å². The van der Waals surface area contributed by atoms with Crippen molar-refractivity contribution in [1.29, 1.82) is 0 Å². The van der Waals surface area contributed by atoms with Crippen molar-refractivity contribution in [2.24, 2.45) is 0 Å². The van der Waals surface area contributed by atoms with Crippen molar-refractivity contribution >= 4 is 38.4 Å². The van der Waals surface area contributed by atoms with E-state index in [2.05, 4.69) is 30.3 Å². The monoisotopic (exact) mass is 291 g/mol. The SMILES string of the molecule is Brc1nsc(-c2ccc3ccccc3n2)n1. The minimum absolute atomic E-state index is 0.613. The molecule has 0 bridgehead atoms. The Labute approximate surface area is 104 Å². The Morgan fingerprint density at radius 1 is 1.00 bits per heavy atom. The highest BCUT2D eigenvalue weighted by Crippen LogP contribution is 2.23. The second-order valence-corrected chi connectivity index (χ2v) is 4.72. The molecule has 16 heavy (non-hydrogen) atoms. The number of halogens is 1. The molecule has 0 unspecified atom stereocenters. The van der Waals surface area contributed by atoms with Gasteiger partial charge in [0.2, 0.25) is 4.73 Å². The molecule has 1 aromatic carbocycles. The van der Waals surface area contributed by atoms with Crippen molar-refractivity contribution in [3.63, 3.8) is 0 Å². The van der Waals surface area contributed by atoms with Gasteiger partial charge in [0.25, 0.3) is 0 Å². The van der Waals surface area contributed by atoms with E-state index in [4.69, 9.17) is 0 Å². The first kappa shape index (κ1) is 9.86. The van der Waals surface area contributed by atoms with Crippen LogP contribution in [0.5, 0.6) is 0 Å². The van der Waals surface area contributed by atoms with Crippen LogP contribution in [0.2, 0.25) is 0 Å². The molecule has 0 N–H and O–H groups in total. The third-order valence-electron chi connectivity index (χ3n) is 2.22. The maximum absolute atomic E-state index is 4.55. The first-order valence-electron chi connectivity index (χ1n) is 4.68. The quantitative estimate of drug-likeness (QED) is 0.689. The summed E-state index contributed by atoms with van der Waals surface area (Å²) in [7, 11) is 0. The van der Waals surface area contributed by atoms with Gasteiger partial charge in [0.15, 0.2) is 5.01 Å². The predicted molar refractivity (Wildman–Crippen MR) is 68.3 cm³/mol. The van der Waals surface area contributed by atoms with E-state index in [0.29, 0.717) is 4.73 Å². The largest absolute Gasteiger partial charge is 0.245 e. The Kier molecular flexibility index (Phi) is 2.41. The zero-order valence-electron chi connectivity index (χ0n) is 8.09. The second kappa shape index (κ2) is 3.92. The van der Waals surface area contributed by atoms with Crippen molar-refractivity contribution < 1.29 is 0 Å². The number of hydrogen-bond acceptors (Lipinski definition) is 4. The molecule has 0 atom stereocenters. The molecule has 0 aliphatic carbocycles. The molecule has 0 spiro atoms. The maximum Gasteiger partial charge on any atom is 0.209 e. The third kappa shape index (κ3) is 1.72. The van der Waals surface area contributed by atoms with Crippen molar-refractivity contribution in [3.8, 4) is 10.7 Å². The maximum atomic E-state index is 4.55. The average molecular weight is 292 g/mol. The molecule has 3 nitrogen and oxygen atoms in total. The second-order valence-electron chi connectivity index (χ2n) is 3.26. The molecule has 0 amide bonds. The van der Waals surface area contributed by atoms with E-state index < -0.39 is 0 Å². The van der Waals surface area contributed by atoms with Gasteiger partial charge in [-0.15, -0.1) is 0 Å². The van der Waals surface area contributed by atoms with Gasteiger partial charge < -0.3 is 0 Å². The van der Waals surface area contributed by atoms with Gasteiger partial charge in [-0.1, -0.05) is 24.3 Å². The lowest BCUT2D eigenvalue weighted by Crippen LogP contribution is -1.83. The van der Waals surface area contributed by atoms with Gasteiger partial charge in [0.1, 0.15) is 5.69 Å². The molecule has 5 heteroatoms. The van der Waals surface area contributed by atoms with Crippen molar-refractivity contribution in [1.82, 2.24) is 14.3 Å². The van der Waals surface area contributed by atoms with E-state index in [9.17, 15) is 0 Å². The normalized spacial score (nSPS) is 10.8. The molecule has 3 rings (SSSR count). The van der Waals surface area contributed by atoms with E-state index in [0.717, 1.165) is 21.6 Å². The van der Waals surface area contributed by atoms with Gasteiger partial charge in [-0.3, -0.25) is 0 Å². The zero-order chi connectivity index (χ0) is 11.0. The molecule has 2 aromatic heterocycles. The average Bonchev–Trinajstić information content (AvgIpc) is 2.75. The number of pyridine rings is 1. The van der Waals surface area contributed by atoms with Crippen LogP contribution in [0.3, 0.4) is 0 Å². The fourth-order valence-corrected chi connectivity index (χ4v) is 2.54. The van der Waals surface area contributed by atoms with Crippen LogP contribution < -0.4 is 0 Å². The lowest BCUT2D eigenvalue weighted by atomic mass is 10.2. The van der Waals surface area contributed by atoms with E-state index in [1.165, 1.54) is 11.5 Å². The smallest absolute Gasteiger partial charge is 0.209 e. The van der Waals surface area contributed by atoms with Crippen LogP contribution in [0.1, 0.15) is 0 Å². The number of para-hydroxylation sites is 1. The standard InChI is InChI=1S/C11H6BrN3S/c12-11-14-10(16-15-11)9-6-5-7-3-1-2-4-8(7)13-9/h1-6H. The van der Waals surface area contributed by atoms with Gasteiger partial charge in [0.05, 0.1) is 5.52 Å². The predicted octanol–water partition coefficient (Wildman–Crippen LogP) is 3.52. The number of aromatic nitrogens is 3. The number of nitrogens with zero attached hydrogens (tertiary/aromatic N) is 3. The van der Waals surface area contributed by atoms with Crippen molar-refractivity contribution in [2.75, 3.05) is 0 Å². The van der Waals surface area contributed by atoms with Crippen LogP contribution in [0.4, 0.5) is 0 Å². The lowest BCUT2D eigenvalue weighted by molar-refractivity contribution is 1.24. The Morgan fingerprint density at radius 3 is 2.69 bits per heavy atom. The summed E-state index contributed by atoms with van der Waals surface area (Å²) in [6.45, 7) is 0. The van der Waals surface area contributed by atoms with Crippen LogP contribution in [-0.2, 0) is 0 Å². The molecule has 0 radical (unpaired) electrons. The van der Waals surface area contributed by atoms with E-state index in [1.54, 1.807) is 0 Å². The highest BCUT2D eigenvalue weighted by Gasteiger charge is 2.06. The first-order valence-corrected chi connectivity index (χ1v) is 6.25. The summed E-state index contributed by atoms with van der Waals surface area (Å²) in [6.07, 6.45) is 0. The van der Waals surface area contributed by atoms with Crippen LogP contribution in [-0.4, -0.2) is 14.3 Å². The minimum Gasteiger partial charge on any atom is -0.245 e. The van der Waals surface area contributed by atoms with Gasteiger partial charge in [-0.05, 0) is 39.6 Å². The molecule has 0 fully saturated rings. The molecule has 78 valence electrons. The Bertz CT molecular complexity index is 650. The lowest BCUT2D eigenvalue weighted by Gasteiger charge is -1.98. The highest BCUT2D eigenvalue weighted by molar-refractivity contribution is 9.10. The van der Waals surface area contributed by atoms with E-state index in [1.807, 2.05) is 36.4 Å². The number of hydrogen-bond donors (Lipinski definition) is 0. The highest BCUT2D eigenvalue weighted by atomic mass is 79.9. The Hall–Kier alpha value is -1.33. The number of rotatable bonds is 1. The molecular formula is C11H6BrN3S. The van der Waals surface area contributed by atoms with E-state index >= 15 is 0 Å². The van der Waals surface area contributed by atoms with Gasteiger partial charge >= 0.3 is 0 Å². The van der Waals surface area contributed by atoms with Gasteiger partial charge in [-0.2, -0.15) is 4.37 Å². The fourth-order valence-electron chi connectivity index (χ4n) is 1.49. The summed E-state index contributed by atoms with van der Waals surface area (Å²) in [5.74, 6) is 0. The summed E-state index contributed by atoms with van der Waals surface area (Å²) in [5, 5.41) is 1.97. The number of fused-ring (bicyclic) bond motifs is 1. The van der Waals surface area contributed by atoms with Crippen molar-refractivity contribution in [3.05, 3.63) is 41.1 Å². The first-order chi connectivity index (χ1) is 7.83. The molecule has 2 heterocycles. The molecule has 3 aromatic rings. The fraction of sp³-hybridized carbons (Fsp3) is 0. The summed E-state index contributed by atoms with van der Waals surface area (Å²) >= 11 is 4.58. The summed E-state index contributed by atoms with van der Waals surface area (Å²) in [6, 6.07) is 12.0.